The maximum atomic E-state index is 5.57. The summed E-state index contributed by atoms with van der Waals surface area (Å²) in [5.74, 6) is 1.73. The van der Waals surface area contributed by atoms with Gasteiger partial charge in [0.15, 0.2) is 5.82 Å². The van der Waals surface area contributed by atoms with Crippen LogP contribution in [0.15, 0.2) is 24.7 Å². The van der Waals surface area contributed by atoms with Crippen molar-refractivity contribution in [3.8, 4) is 11.4 Å². The lowest BCUT2D eigenvalue weighted by atomic mass is 10.1. The van der Waals surface area contributed by atoms with Crippen molar-refractivity contribution >= 4 is 16.7 Å². The Labute approximate surface area is 140 Å². The van der Waals surface area contributed by atoms with Gasteiger partial charge in [0, 0.05) is 41.1 Å². The molecule has 0 bridgehead atoms. The number of hydrogen-bond donors (Lipinski definition) is 1. The van der Waals surface area contributed by atoms with Crippen LogP contribution < -0.4 is 4.90 Å². The van der Waals surface area contributed by atoms with Crippen LogP contribution in [0.3, 0.4) is 0 Å². The second kappa shape index (κ2) is 5.87. The first-order chi connectivity index (χ1) is 11.6. The Balaban J connectivity index is 1.87. The van der Waals surface area contributed by atoms with E-state index in [0.717, 1.165) is 59.1 Å². The number of aryl methyl sites for hydroxylation is 1. The Morgan fingerprint density at radius 3 is 2.96 bits per heavy atom. The molecular formula is C18H21N5O. The molecule has 1 aliphatic heterocycles. The lowest BCUT2D eigenvalue weighted by Crippen LogP contribution is -2.44. The zero-order valence-electron chi connectivity index (χ0n) is 14.2. The summed E-state index contributed by atoms with van der Waals surface area (Å²) in [5, 5.41) is 1.09. The lowest BCUT2D eigenvalue weighted by Gasteiger charge is -2.35. The molecule has 1 aliphatic rings. The molecule has 6 nitrogen and oxygen atoms in total. The van der Waals surface area contributed by atoms with Crippen molar-refractivity contribution in [2.24, 2.45) is 0 Å². The third kappa shape index (κ3) is 2.43. The molecular weight excluding hydrogens is 302 g/mol. The van der Waals surface area contributed by atoms with Gasteiger partial charge in [-0.2, -0.15) is 0 Å². The summed E-state index contributed by atoms with van der Waals surface area (Å²) in [7, 11) is 0. The molecule has 0 spiro atoms. The van der Waals surface area contributed by atoms with Crippen molar-refractivity contribution in [1.29, 1.82) is 0 Å². The number of ether oxygens (including phenoxy) is 1. The molecule has 6 heteroatoms. The highest BCUT2D eigenvalue weighted by Crippen LogP contribution is 2.29. The van der Waals surface area contributed by atoms with Gasteiger partial charge in [-0.05, 0) is 26.8 Å². The fourth-order valence-corrected chi connectivity index (χ4v) is 3.21. The van der Waals surface area contributed by atoms with Crippen molar-refractivity contribution in [2.75, 3.05) is 24.7 Å². The molecule has 0 aromatic carbocycles. The van der Waals surface area contributed by atoms with E-state index in [1.807, 2.05) is 31.6 Å². The van der Waals surface area contributed by atoms with E-state index in [0.29, 0.717) is 6.04 Å². The molecule has 0 saturated carbocycles. The number of hydrogen-bond acceptors (Lipinski definition) is 5. The summed E-state index contributed by atoms with van der Waals surface area (Å²) in [6, 6.07) is 2.35. The van der Waals surface area contributed by atoms with E-state index in [9.17, 15) is 0 Å². The number of rotatable bonds is 2. The Morgan fingerprint density at radius 1 is 1.25 bits per heavy atom. The number of nitrogens with zero attached hydrogens (tertiary/aromatic N) is 4. The average Bonchev–Trinajstić information content (AvgIpc) is 3.06. The minimum absolute atomic E-state index is 0.306. The summed E-state index contributed by atoms with van der Waals surface area (Å²) in [4.78, 5) is 19.5. The minimum Gasteiger partial charge on any atom is -0.377 e. The Kier molecular flexibility index (Phi) is 3.69. The van der Waals surface area contributed by atoms with E-state index in [2.05, 4.69) is 28.7 Å². The molecule has 4 rings (SSSR count). The van der Waals surface area contributed by atoms with Crippen LogP contribution in [0, 0.1) is 13.8 Å². The Hall–Kier alpha value is -2.47. The number of fused-ring (bicyclic) bond motifs is 1. The van der Waals surface area contributed by atoms with Crippen LogP contribution in [0.4, 0.5) is 5.82 Å². The van der Waals surface area contributed by atoms with Crippen molar-refractivity contribution in [3.63, 3.8) is 0 Å². The molecule has 1 saturated heterocycles. The number of aromatic nitrogens is 4. The molecule has 0 aliphatic carbocycles. The topological polar surface area (TPSA) is 66.9 Å². The molecule has 1 atom stereocenters. The number of pyridine rings is 1. The second-order valence-electron chi connectivity index (χ2n) is 6.32. The van der Waals surface area contributed by atoms with E-state index in [1.54, 1.807) is 0 Å². The maximum Gasteiger partial charge on any atom is 0.164 e. The van der Waals surface area contributed by atoms with Gasteiger partial charge in [0.25, 0.3) is 0 Å². The number of morpholine rings is 1. The van der Waals surface area contributed by atoms with Gasteiger partial charge in [-0.1, -0.05) is 0 Å². The van der Waals surface area contributed by atoms with Gasteiger partial charge in [0.1, 0.15) is 5.82 Å². The summed E-state index contributed by atoms with van der Waals surface area (Å²) >= 11 is 0. The van der Waals surface area contributed by atoms with Crippen LogP contribution in [-0.2, 0) is 4.74 Å². The summed E-state index contributed by atoms with van der Waals surface area (Å²) in [6.07, 6.45) is 5.58. The molecule has 1 N–H and O–H groups in total. The number of nitrogens with one attached hydrogen (secondary N) is 1. The first kappa shape index (κ1) is 15.1. The summed E-state index contributed by atoms with van der Waals surface area (Å²) in [5.41, 5.74) is 4.08. The quantitative estimate of drug-likeness (QED) is 0.785. The normalized spacial score (nSPS) is 18.3. The number of aromatic amines is 1. The smallest absolute Gasteiger partial charge is 0.164 e. The van der Waals surface area contributed by atoms with Gasteiger partial charge in [0.2, 0.25) is 0 Å². The van der Waals surface area contributed by atoms with E-state index in [4.69, 9.17) is 14.7 Å². The third-order valence-corrected chi connectivity index (χ3v) is 4.72. The van der Waals surface area contributed by atoms with Gasteiger partial charge in [0.05, 0.1) is 31.0 Å². The van der Waals surface area contributed by atoms with Gasteiger partial charge >= 0.3 is 0 Å². The van der Waals surface area contributed by atoms with Gasteiger partial charge < -0.3 is 14.6 Å². The van der Waals surface area contributed by atoms with Crippen LogP contribution in [0.25, 0.3) is 22.3 Å². The van der Waals surface area contributed by atoms with Crippen molar-refractivity contribution in [3.05, 3.63) is 35.9 Å². The van der Waals surface area contributed by atoms with Crippen molar-refractivity contribution < 1.29 is 4.74 Å². The van der Waals surface area contributed by atoms with Crippen LogP contribution in [0.5, 0.6) is 0 Å². The van der Waals surface area contributed by atoms with Crippen LogP contribution in [0.1, 0.15) is 18.2 Å². The van der Waals surface area contributed by atoms with Crippen LogP contribution >= 0.6 is 0 Å². The zero-order chi connectivity index (χ0) is 16.7. The molecule has 3 aromatic rings. The predicted octanol–water partition coefficient (Wildman–Crippen LogP) is 2.86. The zero-order valence-corrected chi connectivity index (χ0v) is 14.2. The number of anilines is 1. The Bertz CT molecular complexity index is 888. The Morgan fingerprint density at radius 2 is 2.12 bits per heavy atom. The molecule has 0 radical (unpaired) electrons. The fraction of sp³-hybridized carbons (Fsp3) is 0.389. The van der Waals surface area contributed by atoms with Gasteiger partial charge in [-0.3, -0.25) is 4.98 Å². The van der Waals surface area contributed by atoms with Crippen molar-refractivity contribution in [1.82, 2.24) is 19.9 Å². The van der Waals surface area contributed by atoms with E-state index < -0.39 is 0 Å². The summed E-state index contributed by atoms with van der Waals surface area (Å²) in [6.45, 7) is 8.62. The molecule has 124 valence electrons. The molecule has 3 aromatic heterocycles. The fourth-order valence-electron chi connectivity index (χ4n) is 3.21. The molecule has 24 heavy (non-hydrogen) atoms. The third-order valence-electron chi connectivity index (χ3n) is 4.72. The van der Waals surface area contributed by atoms with Gasteiger partial charge in [-0.25, -0.2) is 9.97 Å². The van der Waals surface area contributed by atoms with Gasteiger partial charge in [-0.15, -0.1) is 0 Å². The largest absolute Gasteiger partial charge is 0.377 e. The molecule has 1 fully saturated rings. The van der Waals surface area contributed by atoms with E-state index >= 15 is 0 Å². The lowest BCUT2D eigenvalue weighted by molar-refractivity contribution is 0.0984. The molecule has 0 amide bonds. The predicted molar refractivity (Wildman–Crippen MR) is 94.2 cm³/mol. The molecule has 4 heterocycles. The second-order valence-corrected chi connectivity index (χ2v) is 6.32. The monoisotopic (exact) mass is 323 g/mol. The first-order valence-electron chi connectivity index (χ1n) is 8.26. The van der Waals surface area contributed by atoms with E-state index in [-0.39, 0.29) is 0 Å². The standard InChI is InChI=1S/C18H21N5O/c1-11-10-24-7-6-23(11)18-12(2)13(3)21-17(22-18)15-8-19-9-16-14(15)4-5-20-16/h4-5,8-9,11,20H,6-7,10H2,1-3H3/t11-/m1/s1. The van der Waals surface area contributed by atoms with Crippen LogP contribution in [-0.4, -0.2) is 45.7 Å². The van der Waals surface area contributed by atoms with Crippen LogP contribution in [0.2, 0.25) is 0 Å². The summed E-state index contributed by atoms with van der Waals surface area (Å²) < 4.78 is 5.57. The SMILES string of the molecule is Cc1nc(-c2cncc3[nH]ccc23)nc(N2CCOC[C@H]2C)c1C. The minimum atomic E-state index is 0.306. The van der Waals surface area contributed by atoms with E-state index in [1.165, 1.54) is 0 Å². The highest BCUT2D eigenvalue weighted by Gasteiger charge is 2.24. The highest BCUT2D eigenvalue weighted by molar-refractivity contribution is 5.92. The highest BCUT2D eigenvalue weighted by atomic mass is 16.5. The maximum absolute atomic E-state index is 5.57. The number of H-pyrrole nitrogens is 1. The first-order valence-corrected chi connectivity index (χ1v) is 8.26. The average molecular weight is 323 g/mol. The molecule has 0 unspecified atom stereocenters. The van der Waals surface area contributed by atoms with Crippen molar-refractivity contribution in [2.45, 2.75) is 26.8 Å².